The van der Waals surface area contributed by atoms with Crippen LogP contribution in [-0.4, -0.2) is 60.2 Å². The SMILES string of the molecule is CCN1CCO[C@@H]([C@@H](O)CO)C1. The van der Waals surface area contributed by atoms with Crippen LogP contribution >= 0.6 is 0 Å². The lowest BCUT2D eigenvalue weighted by Gasteiger charge is -2.33. The first-order chi connectivity index (χ1) is 5.77. The van der Waals surface area contributed by atoms with Crippen LogP contribution in [0.3, 0.4) is 0 Å². The molecule has 1 rings (SSSR count). The summed E-state index contributed by atoms with van der Waals surface area (Å²) in [4.78, 5) is 2.20. The van der Waals surface area contributed by atoms with E-state index in [4.69, 9.17) is 9.84 Å². The molecule has 12 heavy (non-hydrogen) atoms. The Labute approximate surface area is 72.7 Å². The molecule has 0 aromatic heterocycles. The van der Waals surface area contributed by atoms with E-state index in [0.29, 0.717) is 6.61 Å². The second-order valence-electron chi connectivity index (χ2n) is 3.05. The van der Waals surface area contributed by atoms with E-state index in [-0.39, 0.29) is 12.7 Å². The molecule has 4 nitrogen and oxygen atoms in total. The fraction of sp³-hybridized carbons (Fsp3) is 1.00. The Balaban J connectivity index is 2.34. The van der Waals surface area contributed by atoms with Crippen LogP contribution in [-0.2, 0) is 4.74 Å². The van der Waals surface area contributed by atoms with Gasteiger partial charge in [0.25, 0.3) is 0 Å². The zero-order chi connectivity index (χ0) is 8.97. The third kappa shape index (κ3) is 2.42. The summed E-state index contributed by atoms with van der Waals surface area (Å²) in [5.41, 5.74) is 0. The minimum Gasteiger partial charge on any atom is -0.394 e. The maximum absolute atomic E-state index is 9.29. The summed E-state index contributed by atoms with van der Waals surface area (Å²) in [6, 6.07) is 0. The Morgan fingerprint density at radius 3 is 3.00 bits per heavy atom. The highest BCUT2D eigenvalue weighted by Gasteiger charge is 2.25. The largest absolute Gasteiger partial charge is 0.394 e. The zero-order valence-corrected chi connectivity index (χ0v) is 7.44. The quantitative estimate of drug-likeness (QED) is 0.581. The van der Waals surface area contributed by atoms with Crippen LogP contribution < -0.4 is 0 Å². The van der Waals surface area contributed by atoms with E-state index in [9.17, 15) is 5.11 Å². The van der Waals surface area contributed by atoms with Gasteiger partial charge >= 0.3 is 0 Å². The molecule has 0 unspecified atom stereocenters. The number of morpholine rings is 1. The predicted molar refractivity (Wildman–Crippen MR) is 44.9 cm³/mol. The number of aliphatic hydroxyl groups is 2. The fourth-order valence-corrected chi connectivity index (χ4v) is 1.37. The standard InChI is InChI=1S/C8H17NO3/c1-2-9-3-4-12-8(5-9)7(11)6-10/h7-8,10-11H,2-6H2,1H3/t7-,8+/m0/s1. The maximum Gasteiger partial charge on any atom is 0.104 e. The smallest absolute Gasteiger partial charge is 0.104 e. The van der Waals surface area contributed by atoms with Crippen molar-refractivity contribution >= 4 is 0 Å². The molecule has 1 fully saturated rings. The highest BCUT2D eigenvalue weighted by atomic mass is 16.5. The molecule has 0 bridgehead atoms. The second-order valence-corrected chi connectivity index (χ2v) is 3.05. The number of likely N-dealkylation sites (N-methyl/N-ethyl adjacent to an activating group) is 1. The summed E-state index contributed by atoms with van der Waals surface area (Å²) in [6.45, 7) is 5.12. The van der Waals surface area contributed by atoms with Gasteiger partial charge in [-0.3, -0.25) is 4.90 Å². The van der Waals surface area contributed by atoms with Gasteiger partial charge in [0.1, 0.15) is 6.10 Å². The number of aliphatic hydroxyl groups excluding tert-OH is 2. The Kier molecular flexibility index (Phi) is 3.94. The van der Waals surface area contributed by atoms with E-state index in [0.717, 1.165) is 19.6 Å². The molecule has 0 spiro atoms. The van der Waals surface area contributed by atoms with Crippen LogP contribution in [0.4, 0.5) is 0 Å². The lowest BCUT2D eigenvalue weighted by Crippen LogP contribution is -2.48. The Morgan fingerprint density at radius 1 is 1.67 bits per heavy atom. The van der Waals surface area contributed by atoms with Gasteiger partial charge in [0, 0.05) is 13.1 Å². The van der Waals surface area contributed by atoms with Gasteiger partial charge in [-0.05, 0) is 6.54 Å². The van der Waals surface area contributed by atoms with Gasteiger partial charge in [0.15, 0.2) is 0 Å². The first-order valence-corrected chi connectivity index (χ1v) is 4.40. The molecule has 0 radical (unpaired) electrons. The minimum absolute atomic E-state index is 0.219. The lowest BCUT2D eigenvalue weighted by atomic mass is 10.2. The molecule has 0 aliphatic carbocycles. The van der Waals surface area contributed by atoms with Crippen LogP contribution in [0.15, 0.2) is 0 Å². The molecule has 1 heterocycles. The number of hydrogen-bond acceptors (Lipinski definition) is 4. The van der Waals surface area contributed by atoms with E-state index in [1.165, 1.54) is 0 Å². The van der Waals surface area contributed by atoms with E-state index < -0.39 is 6.10 Å². The van der Waals surface area contributed by atoms with Crippen molar-refractivity contribution in [1.29, 1.82) is 0 Å². The highest BCUT2D eigenvalue weighted by molar-refractivity contribution is 4.76. The molecule has 0 saturated carbocycles. The van der Waals surface area contributed by atoms with Crippen molar-refractivity contribution in [2.24, 2.45) is 0 Å². The normalized spacial score (nSPS) is 28.8. The van der Waals surface area contributed by atoms with Crippen LogP contribution in [0, 0.1) is 0 Å². The van der Waals surface area contributed by atoms with Crippen LogP contribution in [0.5, 0.6) is 0 Å². The molecular formula is C8H17NO3. The summed E-state index contributed by atoms with van der Waals surface area (Å²) >= 11 is 0. The molecule has 4 heteroatoms. The topological polar surface area (TPSA) is 52.9 Å². The van der Waals surface area contributed by atoms with E-state index in [2.05, 4.69) is 11.8 Å². The van der Waals surface area contributed by atoms with E-state index in [1.54, 1.807) is 0 Å². The lowest BCUT2D eigenvalue weighted by molar-refractivity contribution is -0.1000. The summed E-state index contributed by atoms with van der Waals surface area (Å²) in [6.07, 6.45) is -0.956. The Morgan fingerprint density at radius 2 is 2.42 bits per heavy atom. The van der Waals surface area contributed by atoms with Crippen LogP contribution in [0.1, 0.15) is 6.92 Å². The summed E-state index contributed by atoms with van der Waals surface area (Å²) in [5.74, 6) is 0. The van der Waals surface area contributed by atoms with Crippen molar-refractivity contribution in [3.05, 3.63) is 0 Å². The third-order valence-electron chi connectivity index (χ3n) is 2.24. The van der Waals surface area contributed by atoms with Gasteiger partial charge in [0.05, 0.1) is 19.3 Å². The number of nitrogens with zero attached hydrogens (tertiary/aromatic N) is 1. The van der Waals surface area contributed by atoms with Crippen molar-refractivity contribution in [2.75, 3.05) is 32.8 Å². The molecule has 1 aliphatic rings. The molecular weight excluding hydrogens is 158 g/mol. The van der Waals surface area contributed by atoms with Gasteiger partial charge < -0.3 is 14.9 Å². The third-order valence-corrected chi connectivity index (χ3v) is 2.24. The molecule has 0 amide bonds. The molecule has 72 valence electrons. The predicted octanol–water partition coefficient (Wildman–Crippen LogP) is -0.940. The van der Waals surface area contributed by atoms with Crippen molar-refractivity contribution in [1.82, 2.24) is 4.90 Å². The van der Waals surface area contributed by atoms with E-state index >= 15 is 0 Å². The van der Waals surface area contributed by atoms with Gasteiger partial charge in [-0.1, -0.05) is 6.92 Å². The highest BCUT2D eigenvalue weighted by Crippen LogP contribution is 2.08. The average Bonchev–Trinajstić information content (AvgIpc) is 2.17. The van der Waals surface area contributed by atoms with Crippen molar-refractivity contribution in [3.8, 4) is 0 Å². The molecule has 0 aromatic carbocycles. The van der Waals surface area contributed by atoms with Gasteiger partial charge in [-0.2, -0.15) is 0 Å². The fourth-order valence-electron chi connectivity index (χ4n) is 1.37. The van der Waals surface area contributed by atoms with Crippen molar-refractivity contribution in [2.45, 2.75) is 19.1 Å². The minimum atomic E-state index is -0.737. The number of rotatable bonds is 3. The van der Waals surface area contributed by atoms with Gasteiger partial charge in [-0.15, -0.1) is 0 Å². The molecule has 2 atom stereocenters. The monoisotopic (exact) mass is 175 g/mol. The average molecular weight is 175 g/mol. The number of hydrogen-bond donors (Lipinski definition) is 2. The molecule has 1 saturated heterocycles. The summed E-state index contributed by atoms with van der Waals surface area (Å²) < 4.78 is 5.31. The first kappa shape index (κ1) is 9.92. The molecule has 0 aromatic rings. The number of ether oxygens (including phenoxy) is 1. The van der Waals surface area contributed by atoms with Gasteiger partial charge in [0.2, 0.25) is 0 Å². The van der Waals surface area contributed by atoms with Crippen LogP contribution in [0.25, 0.3) is 0 Å². The molecule has 2 N–H and O–H groups in total. The second kappa shape index (κ2) is 4.77. The maximum atomic E-state index is 9.29. The molecule has 1 aliphatic heterocycles. The van der Waals surface area contributed by atoms with Gasteiger partial charge in [-0.25, -0.2) is 0 Å². The van der Waals surface area contributed by atoms with E-state index in [1.807, 2.05) is 0 Å². The zero-order valence-electron chi connectivity index (χ0n) is 7.44. The van der Waals surface area contributed by atoms with Crippen LogP contribution in [0.2, 0.25) is 0 Å². The Bertz CT molecular complexity index is 129. The Hall–Kier alpha value is -0.160. The summed E-state index contributed by atoms with van der Waals surface area (Å²) in [7, 11) is 0. The first-order valence-electron chi connectivity index (χ1n) is 4.40. The van der Waals surface area contributed by atoms with Crippen molar-refractivity contribution in [3.63, 3.8) is 0 Å². The van der Waals surface area contributed by atoms with Crippen molar-refractivity contribution < 1.29 is 14.9 Å². The summed E-state index contributed by atoms with van der Waals surface area (Å²) in [5, 5.41) is 18.0.